The Kier molecular flexibility index (Phi) is 5.16. The standard InChI is InChI=1S/C33H25N3/c1-21-11-12-26(22(2)17-21)28-8-6-9-29-27-7-4-5-10-31(27)36(33(28)29)32-19-30(24-13-15-35-16-14-24)25(20-34)18-23(32)3/h4-19H,1-3H3. The van der Waals surface area contributed by atoms with Gasteiger partial charge in [0.25, 0.3) is 0 Å². The predicted octanol–water partition coefficient (Wildman–Crippen LogP) is 8.31. The molecule has 0 amide bonds. The molecule has 6 rings (SSSR count). The molecular formula is C33H25N3. The highest BCUT2D eigenvalue weighted by molar-refractivity contribution is 6.14. The van der Waals surface area contributed by atoms with Crippen molar-refractivity contribution in [2.45, 2.75) is 20.8 Å². The zero-order chi connectivity index (χ0) is 24.8. The first-order chi connectivity index (χ1) is 17.6. The van der Waals surface area contributed by atoms with Gasteiger partial charge < -0.3 is 4.57 Å². The Labute approximate surface area is 210 Å². The molecule has 0 radical (unpaired) electrons. The number of para-hydroxylation sites is 2. The Morgan fingerprint density at radius 2 is 1.47 bits per heavy atom. The van der Waals surface area contributed by atoms with E-state index in [9.17, 15) is 5.26 Å². The molecule has 0 atom stereocenters. The fraction of sp³-hybridized carbons (Fsp3) is 0.0909. The lowest BCUT2D eigenvalue weighted by Gasteiger charge is -2.17. The summed E-state index contributed by atoms with van der Waals surface area (Å²) in [4.78, 5) is 4.17. The highest BCUT2D eigenvalue weighted by atomic mass is 15.0. The van der Waals surface area contributed by atoms with E-state index in [1.54, 1.807) is 12.4 Å². The van der Waals surface area contributed by atoms with Crippen molar-refractivity contribution >= 4 is 21.8 Å². The molecule has 0 aliphatic rings. The van der Waals surface area contributed by atoms with Gasteiger partial charge in [0, 0.05) is 40.0 Å². The monoisotopic (exact) mass is 463 g/mol. The molecule has 2 aromatic heterocycles. The number of aryl methyl sites for hydroxylation is 3. The second kappa shape index (κ2) is 8.52. The van der Waals surface area contributed by atoms with Gasteiger partial charge in [0.2, 0.25) is 0 Å². The van der Waals surface area contributed by atoms with Gasteiger partial charge in [0.05, 0.1) is 22.7 Å². The van der Waals surface area contributed by atoms with Crippen molar-refractivity contribution in [3.63, 3.8) is 0 Å². The van der Waals surface area contributed by atoms with Crippen LogP contribution in [0.1, 0.15) is 22.3 Å². The summed E-state index contributed by atoms with van der Waals surface area (Å²) in [5.74, 6) is 0. The number of aromatic nitrogens is 2. The van der Waals surface area contributed by atoms with E-state index >= 15 is 0 Å². The van der Waals surface area contributed by atoms with Crippen LogP contribution >= 0.6 is 0 Å². The molecule has 2 heterocycles. The molecule has 0 fully saturated rings. The van der Waals surface area contributed by atoms with E-state index in [0.717, 1.165) is 27.9 Å². The third-order valence-corrected chi connectivity index (χ3v) is 7.06. The lowest BCUT2D eigenvalue weighted by Crippen LogP contribution is -2.01. The zero-order valence-electron chi connectivity index (χ0n) is 20.6. The third kappa shape index (κ3) is 3.39. The normalized spacial score (nSPS) is 11.2. The Bertz CT molecular complexity index is 1820. The molecule has 0 unspecified atom stereocenters. The maximum Gasteiger partial charge on any atom is 0.0998 e. The molecule has 0 aliphatic heterocycles. The molecule has 3 heteroatoms. The van der Waals surface area contributed by atoms with Crippen LogP contribution in [0.15, 0.2) is 97.3 Å². The molecule has 4 aromatic carbocycles. The van der Waals surface area contributed by atoms with Crippen molar-refractivity contribution in [3.8, 4) is 34.0 Å². The van der Waals surface area contributed by atoms with Crippen LogP contribution in [0.3, 0.4) is 0 Å². The number of hydrogen-bond donors (Lipinski definition) is 0. The summed E-state index contributed by atoms with van der Waals surface area (Å²) in [6.45, 7) is 6.41. The SMILES string of the molecule is Cc1ccc(-c2cccc3c4ccccc4n(-c4cc(-c5ccncc5)c(C#N)cc4C)c23)c(C)c1. The Morgan fingerprint density at radius 1 is 0.694 bits per heavy atom. The van der Waals surface area contributed by atoms with Gasteiger partial charge in [-0.2, -0.15) is 5.26 Å². The second-order valence-corrected chi connectivity index (χ2v) is 9.40. The van der Waals surface area contributed by atoms with Crippen molar-refractivity contribution in [3.05, 3.63) is 120 Å². The molecule has 0 bridgehead atoms. The molecule has 6 aromatic rings. The van der Waals surface area contributed by atoms with E-state index in [4.69, 9.17) is 0 Å². The summed E-state index contributed by atoms with van der Waals surface area (Å²) in [5, 5.41) is 12.4. The van der Waals surface area contributed by atoms with E-state index in [-0.39, 0.29) is 0 Å². The van der Waals surface area contributed by atoms with E-state index in [1.165, 1.54) is 38.5 Å². The molecule has 36 heavy (non-hydrogen) atoms. The lowest BCUT2D eigenvalue weighted by molar-refractivity contribution is 1.15. The van der Waals surface area contributed by atoms with Crippen LogP contribution in [-0.2, 0) is 0 Å². The van der Waals surface area contributed by atoms with Crippen LogP contribution in [0.4, 0.5) is 0 Å². The van der Waals surface area contributed by atoms with Crippen LogP contribution in [0, 0.1) is 32.1 Å². The predicted molar refractivity (Wildman–Crippen MR) is 148 cm³/mol. The highest BCUT2D eigenvalue weighted by Crippen LogP contribution is 2.40. The number of benzene rings is 4. The first-order valence-corrected chi connectivity index (χ1v) is 12.1. The van der Waals surface area contributed by atoms with Crippen LogP contribution < -0.4 is 0 Å². The number of pyridine rings is 1. The second-order valence-electron chi connectivity index (χ2n) is 9.40. The average molecular weight is 464 g/mol. The van der Waals surface area contributed by atoms with Crippen LogP contribution in [0.25, 0.3) is 49.7 Å². The number of nitriles is 1. The molecule has 0 spiro atoms. The van der Waals surface area contributed by atoms with Crippen molar-refractivity contribution in [1.82, 2.24) is 9.55 Å². The maximum absolute atomic E-state index is 9.94. The van der Waals surface area contributed by atoms with E-state index in [0.29, 0.717) is 5.56 Å². The first-order valence-electron chi connectivity index (χ1n) is 12.1. The first kappa shape index (κ1) is 21.8. The van der Waals surface area contributed by atoms with E-state index in [2.05, 4.69) is 103 Å². The molecule has 0 saturated heterocycles. The van der Waals surface area contributed by atoms with Gasteiger partial charge in [-0.1, -0.05) is 60.2 Å². The largest absolute Gasteiger partial charge is 0.308 e. The average Bonchev–Trinajstić information content (AvgIpc) is 3.24. The van der Waals surface area contributed by atoms with Gasteiger partial charge in [0.1, 0.15) is 0 Å². The Morgan fingerprint density at radius 3 is 2.25 bits per heavy atom. The molecule has 0 aliphatic carbocycles. The summed E-state index contributed by atoms with van der Waals surface area (Å²) in [5.41, 5.74) is 12.0. The van der Waals surface area contributed by atoms with Crippen molar-refractivity contribution in [2.75, 3.05) is 0 Å². The van der Waals surface area contributed by atoms with Crippen molar-refractivity contribution in [1.29, 1.82) is 5.26 Å². The molecule has 0 saturated carbocycles. The van der Waals surface area contributed by atoms with E-state index in [1.807, 2.05) is 18.2 Å². The topological polar surface area (TPSA) is 41.6 Å². The number of nitrogens with zero attached hydrogens (tertiary/aromatic N) is 3. The summed E-state index contributed by atoms with van der Waals surface area (Å²) >= 11 is 0. The number of hydrogen-bond acceptors (Lipinski definition) is 2. The van der Waals surface area contributed by atoms with Gasteiger partial charge in [-0.15, -0.1) is 0 Å². The van der Waals surface area contributed by atoms with Crippen LogP contribution in [-0.4, -0.2) is 9.55 Å². The summed E-state index contributed by atoms with van der Waals surface area (Å²) in [6, 6.07) is 32.3. The fourth-order valence-corrected chi connectivity index (χ4v) is 5.40. The van der Waals surface area contributed by atoms with Gasteiger partial charge in [0.15, 0.2) is 0 Å². The third-order valence-electron chi connectivity index (χ3n) is 7.06. The maximum atomic E-state index is 9.94. The van der Waals surface area contributed by atoms with Crippen molar-refractivity contribution < 1.29 is 0 Å². The van der Waals surface area contributed by atoms with Crippen molar-refractivity contribution in [2.24, 2.45) is 0 Å². The van der Waals surface area contributed by atoms with E-state index < -0.39 is 0 Å². The minimum absolute atomic E-state index is 0.665. The van der Waals surface area contributed by atoms with Gasteiger partial charge in [-0.25, -0.2) is 0 Å². The number of fused-ring (bicyclic) bond motifs is 3. The zero-order valence-corrected chi connectivity index (χ0v) is 20.6. The molecule has 172 valence electrons. The Balaban J connectivity index is 1.76. The summed E-state index contributed by atoms with van der Waals surface area (Å²) < 4.78 is 2.38. The smallest absolute Gasteiger partial charge is 0.0998 e. The van der Waals surface area contributed by atoms with Crippen LogP contribution in [0.5, 0.6) is 0 Å². The minimum atomic E-state index is 0.665. The molecule has 3 nitrogen and oxygen atoms in total. The van der Waals surface area contributed by atoms with Gasteiger partial charge in [-0.3, -0.25) is 4.98 Å². The number of rotatable bonds is 3. The minimum Gasteiger partial charge on any atom is -0.308 e. The quantitative estimate of drug-likeness (QED) is 0.265. The fourth-order valence-electron chi connectivity index (χ4n) is 5.40. The molecule has 0 N–H and O–H groups in total. The summed E-state index contributed by atoms with van der Waals surface area (Å²) in [7, 11) is 0. The molecular weight excluding hydrogens is 438 g/mol. The summed E-state index contributed by atoms with van der Waals surface area (Å²) in [6.07, 6.45) is 3.55. The van der Waals surface area contributed by atoms with Gasteiger partial charge >= 0.3 is 0 Å². The van der Waals surface area contributed by atoms with Gasteiger partial charge in [-0.05, 0) is 73.4 Å². The Hall–Kier alpha value is -4.68. The lowest BCUT2D eigenvalue weighted by atomic mass is 9.96. The highest BCUT2D eigenvalue weighted by Gasteiger charge is 2.19. The van der Waals surface area contributed by atoms with Crippen LogP contribution in [0.2, 0.25) is 0 Å².